The lowest BCUT2D eigenvalue weighted by molar-refractivity contribution is 0.0725. The van der Waals surface area contributed by atoms with Crippen LogP contribution in [0.4, 0.5) is 0 Å². The number of hydrogen-bond acceptors (Lipinski definition) is 3. The molecular weight excluding hydrogens is 374 g/mol. The molecule has 1 aliphatic rings. The minimum atomic E-state index is -0.0187. The van der Waals surface area contributed by atoms with Crippen LogP contribution in [0.5, 0.6) is 0 Å². The molecule has 0 saturated heterocycles. The Balaban J connectivity index is 1.57. The highest BCUT2D eigenvalue weighted by molar-refractivity contribution is 5.94. The van der Waals surface area contributed by atoms with Crippen molar-refractivity contribution in [3.05, 3.63) is 94.9 Å². The monoisotopic (exact) mass is 397 g/mol. The van der Waals surface area contributed by atoms with Gasteiger partial charge in [-0.05, 0) is 55.2 Å². The maximum atomic E-state index is 13.6. The average Bonchev–Trinajstić information content (AvgIpc) is 3.43. The number of carbonyl (C=O) groups is 1. The molecule has 1 aliphatic heterocycles. The molecule has 0 bridgehead atoms. The SMILES string of the molecule is Cc1ccc(-n2nc(-c3ccco3)cc2C(=O)N2CCc3ccccc3C2)c(C)c1. The second kappa shape index (κ2) is 7.34. The van der Waals surface area contributed by atoms with Crippen LogP contribution in [0.25, 0.3) is 17.1 Å². The maximum Gasteiger partial charge on any atom is 0.272 e. The number of rotatable bonds is 3. The lowest BCUT2D eigenvalue weighted by Crippen LogP contribution is -2.37. The van der Waals surface area contributed by atoms with Crippen LogP contribution in [0, 0.1) is 13.8 Å². The summed E-state index contributed by atoms with van der Waals surface area (Å²) in [7, 11) is 0. The normalized spacial score (nSPS) is 13.3. The number of aryl methyl sites for hydroxylation is 2. The van der Waals surface area contributed by atoms with E-state index in [1.54, 1.807) is 10.9 Å². The Hall–Kier alpha value is -3.60. The van der Waals surface area contributed by atoms with Crippen LogP contribution in [-0.2, 0) is 13.0 Å². The first kappa shape index (κ1) is 18.4. The summed E-state index contributed by atoms with van der Waals surface area (Å²) < 4.78 is 7.30. The highest BCUT2D eigenvalue weighted by Crippen LogP contribution is 2.27. The molecule has 0 saturated carbocycles. The molecule has 0 radical (unpaired) electrons. The van der Waals surface area contributed by atoms with Gasteiger partial charge in [-0.3, -0.25) is 4.79 Å². The molecule has 150 valence electrons. The third-order valence-corrected chi connectivity index (χ3v) is 5.70. The third kappa shape index (κ3) is 3.22. The molecule has 5 nitrogen and oxygen atoms in total. The number of hydrogen-bond donors (Lipinski definition) is 0. The van der Waals surface area contributed by atoms with E-state index >= 15 is 0 Å². The number of carbonyl (C=O) groups excluding carboxylic acids is 1. The third-order valence-electron chi connectivity index (χ3n) is 5.70. The fourth-order valence-electron chi connectivity index (χ4n) is 4.14. The van der Waals surface area contributed by atoms with Gasteiger partial charge in [0.2, 0.25) is 0 Å². The Bertz CT molecular complexity index is 1220. The van der Waals surface area contributed by atoms with Gasteiger partial charge in [0, 0.05) is 19.2 Å². The molecule has 0 spiro atoms. The number of fused-ring (bicyclic) bond motifs is 1. The van der Waals surface area contributed by atoms with Gasteiger partial charge in [0.25, 0.3) is 5.91 Å². The zero-order chi connectivity index (χ0) is 20.7. The number of amides is 1. The van der Waals surface area contributed by atoms with E-state index in [-0.39, 0.29) is 5.91 Å². The lowest BCUT2D eigenvalue weighted by Gasteiger charge is -2.29. The fraction of sp³-hybridized carbons (Fsp3) is 0.200. The fourth-order valence-corrected chi connectivity index (χ4v) is 4.14. The number of aromatic nitrogens is 2. The predicted octanol–water partition coefficient (Wildman–Crippen LogP) is 4.95. The van der Waals surface area contributed by atoms with Crippen molar-refractivity contribution in [2.75, 3.05) is 6.54 Å². The van der Waals surface area contributed by atoms with Crippen LogP contribution in [0.3, 0.4) is 0 Å². The van der Waals surface area contributed by atoms with Crippen LogP contribution >= 0.6 is 0 Å². The van der Waals surface area contributed by atoms with Crippen LogP contribution in [-0.4, -0.2) is 27.1 Å². The summed E-state index contributed by atoms with van der Waals surface area (Å²) in [4.78, 5) is 15.5. The summed E-state index contributed by atoms with van der Waals surface area (Å²) in [6.45, 7) is 5.42. The number of furan rings is 1. The Labute approximate surface area is 175 Å². The minimum absolute atomic E-state index is 0.0187. The molecule has 0 fully saturated rings. The second-order valence-corrected chi connectivity index (χ2v) is 7.84. The molecule has 0 aliphatic carbocycles. The minimum Gasteiger partial charge on any atom is -0.463 e. The average molecular weight is 397 g/mol. The first-order valence-corrected chi connectivity index (χ1v) is 10.2. The van der Waals surface area contributed by atoms with Gasteiger partial charge in [0.05, 0.1) is 12.0 Å². The predicted molar refractivity (Wildman–Crippen MR) is 116 cm³/mol. The molecule has 0 atom stereocenters. The molecule has 2 aromatic heterocycles. The van der Waals surface area contributed by atoms with Crippen molar-refractivity contribution in [2.45, 2.75) is 26.8 Å². The summed E-state index contributed by atoms with van der Waals surface area (Å²) >= 11 is 0. The molecule has 30 heavy (non-hydrogen) atoms. The first-order chi connectivity index (χ1) is 14.6. The molecule has 0 N–H and O–H groups in total. The molecule has 4 aromatic rings. The van der Waals surface area contributed by atoms with Gasteiger partial charge < -0.3 is 9.32 Å². The van der Waals surface area contributed by atoms with Gasteiger partial charge in [-0.15, -0.1) is 0 Å². The molecule has 5 rings (SSSR count). The van der Waals surface area contributed by atoms with E-state index in [9.17, 15) is 4.79 Å². The lowest BCUT2D eigenvalue weighted by atomic mass is 10.00. The van der Waals surface area contributed by atoms with E-state index in [2.05, 4.69) is 31.2 Å². The van der Waals surface area contributed by atoms with Gasteiger partial charge in [0.15, 0.2) is 5.76 Å². The number of nitrogens with zero attached hydrogens (tertiary/aromatic N) is 3. The molecule has 1 amide bonds. The van der Waals surface area contributed by atoms with E-state index in [0.717, 1.165) is 17.7 Å². The second-order valence-electron chi connectivity index (χ2n) is 7.84. The van der Waals surface area contributed by atoms with Gasteiger partial charge in [0.1, 0.15) is 11.4 Å². The van der Waals surface area contributed by atoms with E-state index in [0.29, 0.717) is 30.2 Å². The van der Waals surface area contributed by atoms with Crippen LogP contribution in [0.15, 0.2) is 71.3 Å². The van der Waals surface area contributed by atoms with Crippen molar-refractivity contribution in [2.24, 2.45) is 0 Å². The zero-order valence-corrected chi connectivity index (χ0v) is 17.1. The topological polar surface area (TPSA) is 51.3 Å². The van der Waals surface area contributed by atoms with Crippen molar-refractivity contribution in [3.8, 4) is 17.1 Å². The smallest absolute Gasteiger partial charge is 0.272 e. The standard InChI is InChI=1S/C25H23N3O2/c1-17-9-10-22(18(2)14-17)28-23(15-21(26-28)24-8-5-13-30-24)25(29)27-12-11-19-6-3-4-7-20(19)16-27/h3-10,13-15H,11-12,16H2,1-2H3. The van der Waals surface area contributed by atoms with Crippen molar-refractivity contribution < 1.29 is 9.21 Å². The summed E-state index contributed by atoms with van der Waals surface area (Å²) in [5.74, 6) is 0.631. The van der Waals surface area contributed by atoms with Gasteiger partial charge in [-0.2, -0.15) is 5.10 Å². The summed E-state index contributed by atoms with van der Waals surface area (Å²) in [6.07, 6.45) is 2.49. The van der Waals surface area contributed by atoms with Crippen molar-refractivity contribution in [1.29, 1.82) is 0 Å². The van der Waals surface area contributed by atoms with Gasteiger partial charge >= 0.3 is 0 Å². The van der Waals surface area contributed by atoms with Crippen molar-refractivity contribution in [3.63, 3.8) is 0 Å². The molecule has 5 heteroatoms. The number of benzene rings is 2. The molecule has 2 aromatic carbocycles. The summed E-state index contributed by atoms with van der Waals surface area (Å²) in [5, 5.41) is 4.75. The molecule has 3 heterocycles. The first-order valence-electron chi connectivity index (χ1n) is 10.2. The zero-order valence-electron chi connectivity index (χ0n) is 17.1. The van der Waals surface area contributed by atoms with Crippen LogP contribution < -0.4 is 0 Å². The summed E-state index contributed by atoms with van der Waals surface area (Å²) in [5.41, 5.74) is 6.88. The highest BCUT2D eigenvalue weighted by atomic mass is 16.3. The largest absolute Gasteiger partial charge is 0.463 e. The quantitative estimate of drug-likeness (QED) is 0.492. The van der Waals surface area contributed by atoms with E-state index < -0.39 is 0 Å². The molecule has 0 unspecified atom stereocenters. The van der Waals surface area contributed by atoms with Gasteiger partial charge in [-0.25, -0.2) is 4.68 Å². The Morgan fingerprint density at radius 1 is 1.00 bits per heavy atom. The summed E-state index contributed by atoms with van der Waals surface area (Å²) in [6, 6.07) is 20.0. The van der Waals surface area contributed by atoms with Crippen molar-refractivity contribution in [1.82, 2.24) is 14.7 Å². The van der Waals surface area contributed by atoms with Crippen LogP contribution in [0.1, 0.15) is 32.7 Å². The Morgan fingerprint density at radius 3 is 2.60 bits per heavy atom. The van der Waals surface area contributed by atoms with E-state index in [1.165, 1.54) is 16.7 Å². The van der Waals surface area contributed by atoms with Crippen LogP contribution in [0.2, 0.25) is 0 Å². The molecular formula is C25H23N3O2. The Morgan fingerprint density at radius 2 is 1.83 bits per heavy atom. The maximum absolute atomic E-state index is 13.6. The Kier molecular flexibility index (Phi) is 4.51. The van der Waals surface area contributed by atoms with Gasteiger partial charge in [-0.1, -0.05) is 42.0 Å². The van der Waals surface area contributed by atoms with E-state index in [1.807, 2.05) is 48.2 Å². The highest BCUT2D eigenvalue weighted by Gasteiger charge is 2.26. The van der Waals surface area contributed by atoms with Crippen molar-refractivity contribution >= 4 is 5.91 Å². The van der Waals surface area contributed by atoms with E-state index in [4.69, 9.17) is 9.52 Å².